The summed E-state index contributed by atoms with van der Waals surface area (Å²) < 4.78 is 17.6. The first-order valence-corrected chi connectivity index (χ1v) is 13.2. The average molecular weight is 545 g/mol. The van der Waals surface area contributed by atoms with E-state index in [1.807, 2.05) is 32.9 Å². The molecule has 1 saturated heterocycles. The van der Waals surface area contributed by atoms with Crippen LogP contribution in [0.25, 0.3) is 16.0 Å². The Bertz CT molecular complexity index is 1620. The minimum Gasteiger partial charge on any atom is -0.507 e. The van der Waals surface area contributed by atoms with Crippen molar-refractivity contribution in [2.45, 2.75) is 26.8 Å². The number of thiazole rings is 1. The second-order valence-corrected chi connectivity index (χ2v) is 10.1. The SMILES string of the molecule is CCOc1ccc(C(O)=C2C(=O)C(=O)N(c3nc4c(C)cc(C)cc4s3)[C@@H]2c2cccc(OC)c2OC)cc1. The maximum atomic E-state index is 13.7. The Morgan fingerprint density at radius 2 is 1.79 bits per heavy atom. The van der Waals surface area contributed by atoms with Crippen LogP contribution in [-0.4, -0.2) is 42.6 Å². The lowest BCUT2D eigenvalue weighted by Gasteiger charge is -2.25. The van der Waals surface area contributed by atoms with Crippen molar-refractivity contribution in [3.8, 4) is 17.2 Å². The van der Waals surface area contributed by atoms with Crippen LogP contribution in [0.2, 0.25) is 0 Å². The first kappa shape index (κ1) is 26.2. The first-order valence-electron chi connectivity index (χ1n) is 12.4. The molecule has 3 aromatic carbocycles. The number of Topliss-reactive ketones (excluding diaryl/α,β-unsaturated/α-hetero) is 1. The van der Waals surface area contributed by atoms with Gasteiger partial charge in [0.25, 0.3) is 5.78 Å². The molecular formula is C30H28N2O6S. The quantitative estimate of drug-likeness (QED) is 0.174. The van der Waals surface area contributed by atoms with E-state index in [1.165, 1.54) is 30.5 Å². The molecule has 1 aliphatic rings. The lowest BCUT2D eigenvalue weighted by molar-refractivity contribution is -0.132. The molecule has 8 nitrogen and oxygen atoms in total. The highest BCUT2D eigenvalue weighted by Crippen LogP contribution is 2.48. The number of rotatable bonds is 7. The summed E-state index contributed by atoms with van der Waals surface area (Å²) in [6.45, 7) is 6.33. The number of ketones is 1. The maximum absolute atomic E-state index is 13.7. The van der Waals surface area contributed by atoms with Gasteiger partial charge in [0.15, 0.2) is 16.6 Å². The maximum Gasteiger partial charge on any atom is 0.301 e. The van der Waals surface area contributed by atoms with Gasteiger partial charge >= 0.3 is 5.91 Å². The Balaban J connectivity index is 1.76. The molecule has 1 aromatic heterocycles. The van der Waals surface area contributed by atoms with E-state index in [0.717, 1.165) is 21.3 Å². The van der Waals surface area contributed by atoms with Gasteiger partial charge in [-0.1, -0.05) is 29.5 Å². The van der Waals surface area contributed by atoms with Crippen LogP contribution in [0.4, 0.5) is 5.13 Å². The predicted molar refractivity (Wildman–Crippen MR) is 151 cm³/mol. The van der Waals surface area contributed by atoms with E-state index in [2.05, 4.69) is 0 Å². The summed E-state index contributed by atoms with van der Waals surface area (Å²) in [6, 6.07) is 14.9. The fourth-order valence-corrected chi connectivity index (χ4v) is 6.11. The molecule has 200 valence electrons. The smallest absolute Gasteiger partial charge is 0.301 e. The first-order chi connectivity index (χ1) is 18.8. The topological polar surface area (TPSA) is 98.2 Å². The molecule has 39 heavy (non-hydrogen) atoms. The van der Waals surface area contributed by atoms with Crippen LogP contribution in [0.3, 0.4) is 0 Å². The molecule has 0 radical (unpaired) electrons. The van der Waals surface area contributed by atoms with E-state index in [1.54, 1.807) is 42.5 Å². The van der Waals surface area contributed by atoms with E-state index < -0.39 is 17.7 Å². The number of aryl methyl sites for hydroxylation is 2. The summed E-state index contributed by atoms with van der Waals surface area (Å²) in [4.78, 5) is 33.4. The third-order valence-electron chi connectivity index (χ3n) is 6.64. The molecule has 2 heterocycles. The van der Waals surface area contributed by atoms with Gasteiger partial charge in [-0.3, -0.25) is 14.5 Å². The largest absolute Gasteiger partial charge is 0.507 e. The Labute approximate surface area is 230 Å². The number of carbonyl (C=O) groups excluding carboxylic acids is 2. The number of ether oxygens (including phenoxy) is 3. The van der Waals surface area contributed by atoms with Gasteiger partial charge in [0.1, 0.15) is 17.6 Å². The molecule has 4 aromatic rings. The van der Waals surface area contributed by atoms with E-state index in [-0.39, 0.29) is 11.3 Å². The molecule has 0 spiro atoms. The molecule has 1 amide bonds. The zero-order chi connectivity index (χ0) is 27.8. The monoisotopic (exact) mass is 544 g/mol. The van der Waals surface area contributed by atoms with Crippen molar-refractivity contribution in [1.82, 2.24) is 4.98 Å². The minimum absolute atomic E-state index is 0.0668. The second kappa shape index (κ2) is 10.4. The number of methoxy groups -OCH3 is 2. The number of fused-ring (bicyclic) bond motifs is 1. The molecule has 1 aliphatic heterocycles. The molecule has 1 fully saturated rings. The van der Waals surface area contributed by atoms with Gasteiger partial charge in [0.05, 0.1) is 36.6 Å². The number of anilines is 1. The third-order valence-corrected chi connectivity index (χ3v) is 7.64. The van der Waals surface area contributed by atoms with Crippen LogP contribution in [0.15, 0.2) is 60.2 Å². The molecule has 0 unspecified atom stereocenters. The van der Waals surface area contributed by atoms with Crippen LogP contribution in [0.1, 0.15) is 35.2 Å². The van der Waals surface area contributed by atoms with Crippen LogP contribution in [0.5, 0.6) is 17.2 Å². The van der Waals surface area contributed by atoms with Crippen molar-refractivity contribution in [1.29, 1.82) is 0 Å². The van der Waals surface area contributed by atoms with Crippen molar-refractivity contribution in [2.24, 2.45) is 0 Å². The summed E-state index contributed by atoms with van der Waals surface area (Å²) in [5.74, 6) is -0.503. The van der Waals surface area contributed by atoms with Crippen molar-refractivity contribution in [2.75, 3.05) is 25.7 Å². The molecule has 1 N–H and O–H groups in total. The highest BCUT2D eigenvalue weighted by Gasteiger charge is 2.49. The highest BCUT2D eigenvalue weighted by atomic mass is 32.1. The van der Waals surface area contributed by atoms with Crippen molar-refractivity contribution < 1.29 is 28.9 Å². The van der Waals surface area contributed by atoms with E-state index in [0.29, 0.717) is 40.1 Å². The number of benzene rings is 3. The molecule has 5 rings (SSSR count). The standard InChI is InChI=1S/C30H28N2O6S/c1-6-38-19-12-10-18(11-13-19)26(33)23-25(20-8-7-9-21(36-4)28(20)37-5)32(29(35)27(23)34)30-31-24-17(3)14-16(2)15-22(24)39-30/h7-15,25,33H,6H2,1-5H3/t25-/m1/s1. The van der Waals surface area contributed by atoms with Gasteiger partial charge in [-0.2, -0.15) is 0 Å². The van der Waals surface area contributed by atoms with Crippen LogP contribution in [-0.2, 0) is 9.59 Å². The number of aromatic nitrogens is 1. The van der Waals surface area contributed by atoms with E-state index in [4.69, 9.17) is 19.2 Å². The Morgan fingerprint density at radius 1 is 1.05 bits per heavy atom. The van der Waals surface area contributed by atoms with Gasteiger partial charge in [-0.05, 0) is 68.3 Å². The lowest BCUT2D eigenvalue weighted by atomic mass is 9.94. The minimum atomic E-state index is -1.01. The number of aliphatic hydroxyl groups is 1. The second-order valence-electron chi connectivity index (χ2n) is 9.13. The Morgan fingerprint density at radius 3 is 2.46 bits per heavy atom. The van der Waals surface area contributed by atoms with Crippen LogP contribution >= 0.6 is 11.3 Å². The van der Waals surface area contributed by atoms with Crippen LogP contribution in [0, 0.1) is 13.8 Å². The van der Waals surface area contributed by atoms with E-state index in [9.17, 15) is 14.7 Å². The number of nitrogens with zero attached hydrogens (tertiary/aromatic N) is 2. The van der Waals surface area contributed by atoms with Crippen molar-refractivity contribution >= 4 is 44.1 Å². The lowest BCUT2D eigenvalue weighted by Crippen LogP contribution is -2.29. The number of para-hydroxylation sites is 1. The summed E-state index contributed by atoms with van der Waals surface area (Å²) in [7, 11) is 3.00. The summed E-state index contributed by atoms with van der Waals surface area (Å²) in [6.07, 6.45) is 0. The summed E-state index contributed by atoms with van der Waals surface area (Å²) in [5.41, 5.74) is 3.58. The fraction of sp³-hybridized carbons (Fsp3) is 0.233. The summed E-state index contributed by atoms with van der Waals surface area (Å²) in [5, 5.41) is 11.8. The zero-order valence-electron chi connectivity index (χ0n) is 22.3. The number of aliphatic hydroxyl groups excluding tert-OH is 1. The fourth-order valence-electron chi connectivity index (χ4n) is 4.94. The van der Waals surface area contributed by atoms with Crippen LogP contribution < -0.4 is 19.1 Å². The van der Waals surface area contributed by atoms with Crippen molar-refractivity contribution in [3.63, 3.8) is 0 Å². The molecule has 0 aliphatic carbocycles. The molecular weight excluding hydrogens is 516 g/mol. The summed E-state index contributed by atoms with van der Waals surface area (Å²) >= 11 is 1.32. The average Bonchev–Trinajstić information content (AvgIpc) is 3.46. The number of hydrogen-bond acceptors (Lipinski definition) is 8. The van der Waals surface area contributed by atoms with E-state index >= 15 is 0 Å². The number of carbonyl (C=O) groups is 2. The highest BCUT2D eigenvalue weighted by molar-refractivity contribution is 7.22. The van der Waals surface area contributed by atoms with Crippen molar-refractivity contribution in [3.05, 3.63) is 82.4 Å². The van der Waals surface area contributed by atoms with Gasteiger partial charge in [0, 0.05) is 11.1 Å². The van der Waals surface area contributed by atoms with Gasteiger partial charge in [-0.15, -0.1) is 0 Å². The van der Waals surface area contributed by atoms with Gasteiger partial charge in [0.2, 0.25) is 0 Å². The molecule has 0 saturated carbocycles. The third kappa shape index (κ3) is 4.48. The molecule has 0 bridgehead atoms. The normalized spacial score (nSPS) is 16.6. The number of hydrogen-bond donors (Lipinski definition) is 1. The molecule has 9 heteroatoms. The zero-order valence-corrected chi connectivity index (χ0v) is 23.1. The number of amides is 1. The molecule has 1 atom stereocenters. The Kier molecular flexibility index (Phi) is 7.01. The van der Waals surface area contributed by atoms with Gasteiger partial charge in [-0.25, -0.2) is 4.98 Å². The predicted octanol–water partition coefficient (Wildman–Crippen LogP) is 5.96. The van der Waals surface area contributed by atoms with Gasteiger partial charge < -0.3 is 19.3 Å². The Hall–Kier alpha value is -4.37.